The minimum atomic E-state index is -2.44. The monoisotopic (exact) mass is 258 g/mol. The fourth-order valence-corrected chi connectivity index (χ4v) is 1.84. The molecule has 1 saturated carbocycles. The van der Waals surface area contributed by atoms with Crippen LogP contribution in [0.15, 0.2) is 29.2 Å². The second kappa shape index (κ2) is 4.62. The third-order valence-corrected chi connectivity index (χ3v) is 3.30. The average Bonchev–Trinajstić information content (AvgIpc) is 3.00. The highest BCUT2D eigenvalue weighted by Gasteiger charge is 2.45. The maximum Gasteiger partial charge on any atom is 0.288 e. The Labute approximate surface area is 102 Å². The molecule has 0 aromatic heterocycles. The third-order valence-electron chi connectivity index (χ3n) is 2.58. The number of carbonyl (C=O) groups excluding carboxylic acids is 1. The van der Waals surface area contributed by atoms with Gasteiger partial charge in [-0.1, -0.05) is 11.8 Å². The van der Waals surface area contributed by atoms with Gasteiger partial charge in [-0.3, -0.25) is 4.79 Å². The second-order valence-corrected chi connectivity index (χ2v) is 5.08. The largest absolute Gasteiger partial charge is 0.324 e. The van der Waals surface area contributed by atoms with Gasteiger partial charge in [-0.05, 0) is 37.1 Å². The Morgan fingerprint density at radius 2 is 1.94 bits per heavy atom. The quantitative estimate of drug-likeness (QED) is 0.815. The van der Waals surface area contributed by atoms with E-state index in [9.17, 15) is 13.6 Å². The summed E-state index contributed by atoms with van der Waals surface area (Å²) < 4.78 is 24.1. The first-order valence-electron chi connectivity index (χ1n) is 5.15. The number of thioether (sulfide) groups is 1. The number of nitrogens with one attached hydrogen (secondary N) is 1. The average molecular weight is 258 g/mol. The normalized spacial score (nSPS) is 16.9. The molecule has 0 atom stereocenters. The summed E-state index contributed by atoms with van der Waals surface area (Å²) in [6.07, 6.45) is 1.39. The van der Waals surface area contributed by atoms with Gasteiger partial charge in [0.25, 0.3) is 5.76 Å². The van der Waals surface area contributed by atoms with Crippen molar-refractivity contribution in [3.63, 3.8) is 0 Å². The highest BCUT2D eigenvalue weighted by Crippen LogP contribution is 2.33. The molecular formula is C11H12F2N2OS. The van der Waals surface area contributed by atoms with E-state index >= 15 is 0 Å². The van der Waals surface area contributed by atoms with Crippen molar-refractivity contribution in [3.8, 4) is 0 Å². The van der Waals surface area contributed by atoms with E-state index in [0.29, 0.717) is 35.2 Å². The summed E-state index contributed by atoms with van der Waals surface area (Å²) in [4.78, 5) is 12.1. The zero-order valence-corrected chi connectivity index (χ0v) is 9.77. The maximum absolute atomic E-state index is 12.1. The van der Waals surface area contributed by atoms with Crippen LogP contribution in [0.2, 0.25) is 0 Å². The van der Waals surface area contributed by atoms with Crippen LogP contribution < -0.4 is 11.1 Å². The summed E-state index contributed by atoms with van der Waals surface area (Å²) in [5.74, 6) is -2.65. The van der Waals surface area contributed by atoms with Crippen LogP contribution in [0.4, 0.5) is 14.5 Å². The topological polar surface area (TPSA) is 55.1 Å². The molecule has 0 aliphatic heterocycles. The summed E-state index contributed by atoms with van der Waals surface area (Å²) >= 11 is 0.473. The molecule has 1 aromatic carbocycles. The molecule has 0 bridgehead atoms. The SMILES string of the molecule is NC1(C(=O)Nc2ccc(SC(F)F)cc2)CC1. The van der Waals surface area contributed by atoms with Crippen LogP contribution in [0.5, 0.6) is 0 Å². The van der Waals surface area contributed by atoms with Crippen molar-refractivity contribution in [2.24, 2.45) is 5.73 Å². The number of alkyl halides is 2. The van der Waals surface area contributed by atoms with Gasteiger partial charge in [0.05, 0.1) is 5.54 Å². The number of benzene rings is 1. The molecule has 6 heteroatoms. The van der Waals surface area contributed by atoms with Crippen molar-refractivity contribution in [2.75, 3.05) is 5.32 Å². The fraction of sp³-hybridized carbons (Fsp3) is 0.364. The number of rotatable bonds is 4. The lowest BCUT2D eigenvalue weighted by Gasteiger charge is -2.10. The molecule has 1 amide bonds. The molecule has 3 nitrogen and oxygen atoms in total. The highest BCUT2D eigenvalue weighted by molar-refractivity contribution is 7.99. The van der Waals surface area contributed by atoms with Crippen molar-refractivity contribution < 1.29 is 13.6 Å². The van der Waals surface area contributed by atoms with Crippen molar-refractivity contribution in [3.05, 3.63) is 24.3 Å². The number of amides is 1. The lowest BCUT2D eigenvalue weighted by molar-refractivity contribution is -0.118. The lowest BCUT2D eigenvalue weighted by atomic mass is 10.2. The Morgan fingerprint density at radius 3 is 2.41 bits per heavy atom. The van der Waals surface area contributed by atoms with Gasteiger partial charge >= 0.3 is 0 Å². The van der Waals surface area contributed by atoms with Crippen LogP contribution in [0.1, 0.15) is 12.8 Å². The van der Waals surface area contributed by atoms with E-state index in [1.54, 1.807) is 24.3 Å². The number of nitrogens with two attached hydrogens (primary N) is 1. The summed E-state index contributed by atoms with van der Waals surface area (Å²) in [5.41, 5.74) is 5.57. The summed E-state index contributed by atoms with van der Waals surface area (Å²) in [5, 5.41) is 2.66. The van der Waals surface area contributed by atoms with E-state index < -0.39 is 11.3 Å². The molecule has 2 rings (SSSR count). The van der Waals surface area contributed by atoms with Crippen LogP contribution in [0, 0.1) is 0 Å². The number of anilines is 1. The molecule has 0 spiro atoms. The molecule has 0 radical (unpaired) electrons. The zero-order chi connectivity index (χ0) is 12.5. The Morgan fingerprint density at radius 1 is 1.35 bits per heavy atom. The molecule has 1 aromatic rings. The molecule has 0 saturated heterocycles. The van der Waals surface area contributed by atoms with Gasteiger partial charge in [0.1, 0.15) is 0 Å². The standard InChI is InChI=1S/C11H12F2N2OS/c12-10(13)17-8-3-1-7(2-4-8)15-9(16)11(14)5-6-11/h1-4,10H,5-6,14H2,(H,15,16). The summed E-state index contributed by atoms with van der Waals surface area (Å²) in [7, 11) is 0. The minimum absolute atomic E-state index is 0.216. The summed E-state index contributed by atoms with van der Waals surface area (Å²) in [6.45, 7) is 0. The molecule has 1 aliphatic carbocycles. The first-order valence-corrected chi connectivity index (χ1v) is 6.03. The van der Waals surface area contributed by atoms with Crippen molar-refractivity contribution in [2.45, 2.75) is 29.0 Å². The van der Waals surface area contributed by atoms with Gasteiger partial charge < -0.3 is 11.1 Å². The van der Waals surface area contributed by atoms with E-state index in [-0.39, 0.29) is 5.91 Å². The van der Waals surface area contributed by atoms with Crippen LogP contribution in [0.25, 0.3) is 0 Å². The second-order valence-electron chi connectivity index (χ2n) is 4.01. The van der Waals surface area contributed by atoms with Gasteiger partial charge in [-0.2, -0.15) is 8.78 Å². The van der Waals surface area contributed by atoms with Crippen molar-refractivity contribution >= 4 is 23.4 Å². The predicted octanol–water partition coefficient (Wildman–Crippen LogP) is 2.43. The molecule has 92 valence electrons. The minimum Gasteiger partial charge on any atom is -0.324 e. The van der Waals surface area contributed by atoms with Gasteiger partial charge in [0.15, 0.2) is 0 Å². The lowest BCUT2D eigenvalue weighted by Crippen LogP contribution is -2.37. The van der Waals surface area contributed by atoms with E-state index in [0.717, 1.165) is 0 Å². The van der Waals surface area contributed by atoms with Crippen molar-refractivity contribution in [1.82, 2.24) is 0 Å². The number of halogens is 2. The third kappa shape index (κ3) is 3.17. The Bertz CT molecular complexity index is 418. The van der Waals surface area contributed by atoms with E-state index in [2.05, 4.69) is 5.32 Å². The number of hydrogen-bond donors (Lipinski definition) is 2. The smallest absolute Gasteiger partial charge is 0.288 e. The van der Waals surface area contributed by atoms with Crippen LogP contribution >= 0.6 is 11.8 Å². The predicted molar refractivity (Wildman–Crippen MR) is 63.1 cm³/mol. The first kappa shape index (κ1) is 12.3. The maximum atomic E-state index is 12.1. The zero-order valence-electron chi connectivity index (χ0n) is 8.95. The van der Waals surface area contributed by atoms with E-state index in [1.807, 2.05) is 0 Å². The van der Waals surface area contributed by atoms with Crippen molar-refractivity contribution in [1.29, 1.82) is 0 Å². The Kier molecular flexibility index (Phi) is 3.35. The fourth-order valence-electron chi connectivity index (χ4n) is 1.34. The van der Waals surface area contributed by atoms with Gasteiger partial charge in [-0.15, -0.1) is 0 Å². The van der Waals surface area contributed by atoms with Crippen LogP contribution in [-0.2, 0) is 4.79 Å². The molecule has 1 aliphatic rings. The number of hydrogen-bond acceptors (Lipinski definition) is 3. The highest BCUT2D eigenvalue weighted by atomic mass is 32.2. The summed E-state index contributed by atoms with van der Waals surface area (Å²) in [6, 6.07) is 6.27. The molecule has 17 heavy (non-hydrogen) atoms. The molecule has 0 heterocycles. The van der Waals surface area contributed by atoms with Crippen LogP contribution in [0.3, 0.4) is 0 Å². The van der Waals surface area contributed by atoms with E-state index in [4.69, 9.17) is 5.73 Å². The molecule has 1 fully saturated rings. The van der Waals surface area contributed by atoms with Gasteiger partial charge in [0, 0.05) is 10.6 Å². The van der Waals surface area contributed by atoms with Gasteiger partial charge in [-0.25, -0.2) is 0 Å². The Hall–Kier alpha value is -1.14. The first-order chi connectivity index (χ1) is 7.99. The molecule has 3 N–H and O–H groups in total. The van der Waals surface area contributed by atoms with Gasteiger partial charge in [0.2, 0.25) is 5.91 Å². The molecule has 0 unspecified atom stereocenters. The van der Waals surface area contributed by atoms with E-state index in [1.165, 1.54) is 0 Å². The van der Waals surface area contributed by atoms with Crippen LogP contribution in [-0.4, -0.2) is 17.2 Å². The Balaban J connectivity index is 1.96. The molecular weight excluding hydrogens is 246 g/mol. The number of carbonyl (C=O) groups is 1.